The summed E-state index contributed by atoms with van der Waals surface area (Å²) in [7, 11) is 0. The predicted octanol–water partition coefficient (Wildman–Crippen LogP) is 4.03. The number of hydrogen-bond donors (Lipinski definition) is 0. The molecule has 2 heterocycles. The van der Waals surface area contributed by atoms with Gasteiger partial charge in [-0.15, -0.1) is 11.3 Å². The molecular formula is C19H18N2OS. The normalized spacial score (nSPS) is 10.4. The molecule has 0 atom stereocenters. The summed E-state index contributed by atoms with van der Waals surface area (Å²) < 4.78 is 0. The van der Waals surface area contributed by atoms with Gasteiger partial charge in [0.05, 0.1) is 6.54 Å². The average Bonchev–Trinajstić information content (AvgIpc) is 3.13. The third-order valence-electron chi connectivity index (χ3n) is 3.65. The minimum absolute atomic E-state index is 0.0525. The van der Waals surface area contributed by atoms with Crippen LogP contribution in [-0.2, 0) is 13.0 Å². The second-order valence-corrected chi connectivity index (χ2v) is 6.31. The first-order valence-corrected chi connectivity index (χ1v) is 8.46. The van der Waals surface area contributed by atoms with Crippen molar-refractivity contribution in [1.29, 1.82) is 0 Å². The van der Waals surface area contributed by atoms with E-state index in [0.717, 1.165) is 6.42 Å². The van der Waals surface area contributed by atoms with Crippen LogP contribution in [0.3, 0.4) is 0 Å². The number of rotatable bonds is 6. The summed E-state index contributed by atoms with van der Waals surface area (Å²) in [5.74, 6) is 0.0525. The van der Waals surface area contributed by atoms with Crippen LogP contribution in [0.25, 0.3) is 0 Å². The van der Waals surface area contributed by atoms with Crippen molar-refractivity contribution in [2.24, 2.45) is 0 Å². The van der Waals surface area contributed by atoms with E-state index in [2.05, 4.69) is 23.2 Å². The van der Waals surface area contributed by atoms with E-state index in [0.29, 0.717) is 18.7 Å². The van der Waals surface area contributed by atoms with Crippen LogP contribution in [0.4, 0.5) is 0 Å². The fourth-order valence-electron chi connectivity index (χ4n) is 2.43. The highest BCUT2D eigenvalue weighted by molar-refractivity contribution is 7.09. The monoisotopic (exact) mass is 322 g/mol. The lowest BCUT2D eigenvalue weighted by Crippen LogP contribution is -2.32. The summed E-state index contributed by atoms with van der Waals surface area (Å²) >= 11 is 1.68. The maximum atomic E-state index is 12.8. The van der Waals surface area contributed by atoms with Gasteiger partial charge in [0.25, 0.3) is 5.91 Å². The van der Waals surface area contributed by atoms with Gasteiger partial charge in [-0.25, -0.2) is 0 Å². The number of benzene rings is 1. The van der Waals surface area contributed by atoms with Crippen molar-refractivity contribution < 1.29 is 4.79 Å². The molecule has 0 saturated heterocycles. The number of carbonyl (C=O) groups is 1. The number of amides is 1. The lowest BCUT2D eigenvalue weighted by Gasteiger charge is -2.22. The number of hydrogen-bond acceptors (Lipinski definition) is 3. The zero-order valence-corrected chi connectivity index (χ0v) is 13.6. The van der Waals surface area contributed by atoms with Crippen LogP contribution in [-0.4, -0.2) is 22.3 Å². The Morgan fingerprint density at radius 3 is 2.48 bits per heavy atom. The molecular weight excluding hydrogens is 304 g/mol. The molecule has 0 unspecified atom stereocenters. The maximum absolute atomic E-state index is 12.8. The fraction of sp³-hybridized carbons (Fsp3) is 0.158. The Balaban J connectivity index is 1.74. The molecule has 0 spiro atoms. The largest absolute Gasteiger partial charge is 0.333 e. The average molecular weight is 322 g/mol. The molecule has 1 aromatic carbocycles. The predicted molar refractivity (Wildman–Crippen MR) is 93.4 cm³/mol. The maximum Gasteiger partial charge on any atom is 0.254 e. The van der Waals surface area contributed by atoms with Crippen molar-refractivity contribution in [2.45, 2.75) is 13.0 Å². The first-order valence-electron chi connectivity index (χ1n) is 7.58. The van der Waals surface area contributed by atoms with Gasteiger partial charge in [-0.2, -0.15) is 0 Å². The molecule has 1 amide bonds. The zero-order valence-electron chi connectivity index (χ0n) is 12.8. The number of carbonyl (C=O) groups excluding carboxylic acids is 1. The highest BCUT2D eigenvalue weighted by Gasteiger charge is 2.16. The van der Waals surface area contributed by atoms with E-state index in [-0.39, 0.29) is 5.91 Å². The molecule has 0 aliphatic rings. The third kappa shape index (κ3) is 4.27. The summed E-state index contributed by atoms with van der Waals surface area (Å²) in [6, 6.07) is 17.9. The Kier molecular flexibility index (Phi) is 5.17. The second kappa shape index (κ2) is 7.70. The van der Waals surface area contributed by atoms with Crippen LogP contribution < -0.4 is 0 Å². The minimum atomic E-state index is 0.0525. The number of pyridine rings is 1. The number of nitrogens with zero attached hydrogens (tertiary/aromatic N) is 2. The smallest absolute Gasteiger partial charge is 0.254 e. The Bertz CT molecular complexity index is 727. The summed E-state index contributed by atoms with van der Waals surface area (Å²) in [5.41, 5.74) is 1.93. The number of thiophene rings is 1. The van der Waals surface area contributed by atoms with Crippen molar-refractivity contribution >= 4 is 17.2 Å². The van der Waals surface area contributed by atoms with Gasteiger partial charge < -0.3 is 4.90 Å². The standard InChI is InChI=1S/C19H18N2OS/c22-19(17-8-11-20-12-9-17)21(15-18-7-4-14-23-18)13-10-16-5-2-1-3-6-16/h1-9,11-12,14H,10,13,15H2. The molecule has 3 aromatic rings. The lowest BCUT2D eigenvalue weighted by atomic mass is 10.1. The SMILES string of the molecule is O=C(c1ccncc1)N(CCc1ccccc1)Cc1cccs1. The van der Waals surface area contributed by atoms with E-state index in [1.807, 2.05) is 34.5 Å². The summed E-state index contributed by atoms with van der Waals surface area (Å²) in [4.78, 5) is 19.9. The fourth-order valence-corrected chi connectivity index (χ4v) is 3.15. The van der Waals surface area contributed by atoms with E-state index in [9.17, 15) is 4.79 Å². The molecule has 3 rings (SSSR count). The van der Waals surface area contributed by atoms with Gasteiger partial charge in [-0.3, -0.25) is 9.78 Å². The minimum Gasteiger partial charge on any atom is -0.333 e. The first kappa shape index (κ1) is 15.4. The van der Waals surface area contributed by atoms with Crippen LogP contribution in [0.1, 0.15) is 20.8 Å². The summed E-state index contributed by atoms with van der Waals surface area (Å²) in [6.45, 7) is 1.34. The van der Waals surface area contributed by atoms with Gasteiger partial charge >= 0.3 is 0 Å². The summed E-state index contributed by atoms with van der Waals surface area (Å²) in [6.07, 6.45) is 4.17. The summed E-state index contributed by atoms with van der Waals surface area (Å²) in [5, 5.41) is 2.04. The molecule has 0 bridgehead atoms. The first-order chi connectivity index (χ1) is 11.3. The molecule has 0 fully saturated rings. The number of aromatic nitrogens is 1. The Hall–Kier alpha value is -2.46. The quantitative estimate of drug-likeness (QED) is 0.686. The van der Waals surface area contributed by atoms with Gasteiger partial charge in [0.15, 0.2) is 0 Å². The van der Waals surface area contributed by atoms with E-state index < -0.39 is 0 Å². The lowest BCUT2D eigenvalue weighted by molar-refractivity contribution is 0.0746. The molecule has 3 nitrogen and oxygen atoms in total. The van der Waals surface area contributed by atoms with Gasteiger partial charge in [0.1, 0.15) is 0 Å². The van der Waals surface area contributed by atoms with Gasteiger partial charge in [-0.1, -0.05) is 36.4 Å². The van der Waals surface area contributed by atoms with E-state index in [4.69, 9.17) is 0 Å². The molecule has 2 aromatic heterocycles. The van der Waals surface area contributed by atoms with E-state index >= 15 is 0 Å². The van der Waals surface area contributed by atoms with E-state index in [1.165, 1.54) is 10.4 Å². The Labute approximate surface area is 140 Å². The highest BCUT2D eigenvalue weighted by atomic mass is 32.1. The second-order valence-electron chi connectivity index (χ2n) is 5.28. The topological polar surface area (TPSA) is 33.2 Å². The third-order valence-corrected chi connectivity index (χ3v) is 4.52. The molecule has 23 heavy (non-hydrogen) atoms. The molecule has 0 N–H and O–H groups in total. The molecule has 0 aliphatic carbocycles. The van der Waals surface area contributed by atoms with Crippen molar-refractivity contribution in [3.05, 3.63) is 88.4 Å². The van der Waals surface area contributed by atoms with Gasteiger partial charge in [0, 0.05) is 29.4 Å². The van der Waals surface area contributed by atoms with Crippen LogP contribution in [0.2, 0.25) is 0 Å². The van der Waals surface area contributed by atoms with Crippen molar-refractivity contribution in [3.63, 3.8) is 0 Å². The molecule has 4 heteroatoms. The Morgan fingerprint density at radius 1 is 1.00 bits per heavy atom. The molecule has 0 aliphatic heterocycles. The van der Waals surface area contributed by atoms with Gasteiger partial charge in [-0.05, 0) is 35.6 Å². The molecule has 116 valence electrons. The Morgan fingerprint density at radius 2 is 1.78 bits per heavy atom. The van der Waals surface area contributed by atoms with Crippen molar-refractivity contribution in [2.75, 3.05) is 6.54 Å². The van der Waals surface area contributed by atoms with Crippen LogP contribution in [0, 0.1) is 0 Å². The molecule has 0 radical (unpaired) electrons. The van der Waals surface area contributed by atoms with Crippen LogP contribution in [0.15, 0.2) is 72.4 Å². The molecule has 0 saturated carbocycles. The van der Waals surface area contributed by atoms with Crippen LogP contribution in [0.5, 0.6) is 0 Å². The van der Waals surface area contributed by atoms with Crippen molar-refractivity contribution in [3.8, 4) is 0 Å². The zero-order chi connectivity index (χ0) is 15.9. The van der Waals surface area contributed by atoms with Crippen molar-refractivity contribution in [1.82, 2.24) is 9.88 Å². The van der Waals surface area contributed by atoms with E-state index in [1.54, 1.807) is 35.9 Å². The highest BCUT2D eigenvalue weighted by Crippen LogP contribution is 2.15. The van der Waals surface area contributed by atoms with Gasteiger partial charge in [0.2, 0.25) is 0 Å². The van der Waals surface area contributed by atoms with Crippen LogP contribution >= 0.6 is 11.3 Å².